The number of Topliss-reactive ketones (excluding diaryl/α,β-unsaturated/α-hetero) is 1. The number of nitrogens with zero attached hydrogens (tertiary/aromatic N) is 2. The van der Waals surface area contributed by atoms with Crippen molar-refractivity contribution in [2.75, 3.05) is 0 Å². The highest BCUT2D eigenvalue weighted by Crippen LogP contribution is 2.10. The van der Waals surface area contributed by atoms with E-state index in [1.165, 1.54) is 0 Å². The van der Waals surface area contributed by atoms with Crippen LogP contribution in [0.2, 0.25) is 0 Å². The van der Waals surface area contributed by atoms with Crippen LogP contribution in [0, 0.1) is 0 Å². The minimum atomic E-state index is 0.159. The van der Waals surface area contributed by atoms with Gasteiger partial charge in [0.1, 0.15) is 5.78 Å². The van der Waals surface area contributed by atoms with Gasteiger partial charge in [-0.05, 0) is 6.42 Å². The molecule has 0 aliphatic heterocycles. The van der Waals surface area contributed by atoms with Crippen LogP contribution in [0.1, 0.15) is 51.2 Å². The molecular weight excluding hydrogens is 180 g/mol. The first-order valence-corrected chi connectivity index (χ1v) is 4.97. The predicted octanol–water partition coefficient (Wildman–Crippen LogP) is 2.10. The molecule has 0 fully saturated rings. The molecule has 0 saturated carbocycles. The van der Waals surface area contributed by atoms with Crippen LogP contribution >= 0.6 is 0 Å². The Morgan fingerprint density at radius 3 is 2.71 bits per heavy atom. The zero-order valence-electron chi connectivity index (χ0n) is 8.91. The molecule has 1 aromatic heterocycles. The van der Waals surface area contributed by atoms with E-state index in [0.717, 1.165) is 6.42 Å². The van der Waals surface area contributed by atoms with Crippen LogP contribution in [0.5, 0.6) is 0 Å². The molecule has 0 aromatic carbocycles. The van der Waals surface area contributed by atoms with E-state index in [4.69, 9.17) is 4.52 Å². The van der Waals surface area contributed by atoms with Gasteiger partial charge >= 0.3 is 0 Å². The first-order chi connectivity index (χ1) is 6.63. The smallest absolute Gasteiger partial charge is 0.234 e. The average Bonchev–Trinajstić information content (AvgIpc) is 2.53. The second-order valence-electron chi connectivity index (χ2n) is 3.67. The van der Waals surface area contributed by atoms with E-state index in [0.29, 0.717) is 18.1 Å². The molecule has 0 atom stereocenters. The summed E-state index contributed by atoms with van der Waals surface area (Å²) in [5, 5.41) is 3.79. The first-order valence-electron chi connectivity index (χ1n) is 4.97. The summed E-state index contributed by atoms with van der Waals surface area (Å²) in [5.41, 5.74) is 0. The fraction of sp³-hybridized carbons (Fsp3) is 0.700. The lowest BCUT2D eigenvalue weighted by Gasteiger charge is -1.93. The summed E-state index contributed by atoms with van der Waals surface area (Å²) in [7, 11) is 0. The van der Waals surface area contributed by atoms with Crippen molar-refractivity contribution in [1.82, 2.24) is 10.1 Å². The van der Waals surface area contributed by atoms with Crippen molar-refractivity contribution >= 4 is 5.78 Å². The van der Waals surface area contributed by atoms with Crippen LogP contribution in [-0.4, -0.2) is 15.9 Å². The van der Waals surface area contributed by atoms with Crippen LogP contribution in [0.3, 0.4) is 0 Å². The lowest BCUT2D eigenvalue weighted by atomic mass is 10.2. The molecule has 1 aromatic rings. The lowest BCUT2D eigenvalue weighted by Crippen LogP contribution is -2.02. The number of ketones is 1. The molecule has 1 rings (SSSR count). The highest BCUT2D eigenvalue weighted by molar-refractivity contribution is 5.79. The second kappa shape index (κ2) is 4.88. The second-order valence-corrected chi connectivity index (χ2v) is 3.67. The quantitative estimate of drug-likeness (QED) is 0.723. The zero-order valence-corrected chi connectivity index (χ0v) is 8.91. The summed E-state index contributed by atoms with van der Waals surface area (Å²) in [5.74, 6) is 1.51. The number of hydrogen-bond donors (Lipinski definition) is 0. The number of hydrogen-bond acceptors (Lipinski definition) is 4. The summed E-state index contributed by atoms with van der Waals surface area (Å²) < 4.78 is 4.96. The molecule has 4 nitrogen and oxygen atoms in total. The average molecular weight is 196 g/mol. The Kier molecular flexibility index (Phi) is 3.80. The maximum absolute atomic E-state index is 11.3. The first kappa shape index (κ1) is 10.9. The Balaban J connectivity index is 2.55. The van der Waals surface area contributed by atoms with Crippen molar-refractivity contribution in [1.29, 1.82) is 0 Å². The van der Waals surface area contributed by atoms with Crippen molar-refractivity contribution in [2.45, 2.75) is 46.0 Å². The summed E-state index contributed by atoms with van der Waals surface area (Å²) in [6.07, 6.45) is 1.72. The van der Waals surface area contributed by atoms with Gasteiger partial charge in [-0.3, -0.25) is 4.79 Å². The van der Waals surface area contributed by atoms with Gasteiger partial charge < -0.3 is 4.52 Å². The number of rotatable bonds is 5. The summed E-state index contributed by atoms with van der Waals surface area (Å²) in [6, 6.07) is 0. The molecule has 0 saturated heterocycles. The fourth-order valence-corrected chi connectivity index (χ4v) is 1.11. The molecule has 0 amide bonds. The van der Waals surface area contributed by atoms with Crippen molar-refractivity contribution < 1.29 is 9.32 Å². The summed E-state index contributed by atoms with van der Waals surface area (Å²) in [4.78, 5) is 15.4. The Morgan fingerprint density at radius 2 is 2.21 bits per heavy atom. The SMILES string of the molecule is CCCC(=O)Cc1nc(C(C)C)no1. The third kappa shape index (κ3) is 2.94. The minimum Gasteiger partial charge on any atom is -0.339 e. The summed E-state index contributed by atoms with van der Waals surface area (Å²) >= 11 is 0. The van der Waals surface area contributed by atoms with E-state index >= 15 is 0 Å². The molecule has 0 aliphatic carbocycles. The maximum atomic E-state index is 11.3. The molecule has 0 radical (unpaired) electrons. The standard InChI is InChI=1S/C10H16N2O2/c1-4-5-8(13)6-9-11-10(7(2)3)12-14-9/h7H,4-6H2,1-3H3. The van der Waals surface area contributed by atoms with Gasteiger partial charge in [0.25, 0.3) is 0 Å². The highest BCUT2D eigenvalue weighted by Gasteiger charge is 2.12. The monoisotopic (exact) mass is 196 g/mol. The number of aromatic nitrogens is 2. The third-order valence-electron chi connectivity index (χ3n) is 1.88. The third-order valence-corrected chi connectivity index (χ3v) is 1.88. The van der Waals surface area contributed by atoms with Crippen molar-refractivity contribution in [3.05, 3.63) is 11.7 Å². The van der Waals surface area contributed by atoms with E-state index in [1.807, 2.05) is 20.8 Å². The zero-order chi connectivity index (χ0) is 10.6. The molecule has 4 heteroatoms. The Labute approximate surface area is 83.7 Å². The van der Waals surface area contributed by atoms with Gasteiger partial charge in [0.15, 0.2) is 5.82 Å². The van der Waals surface area contributed by atoms with Gasteiger partial charge in [0.2, 0.25) is 5.89 Å². The van der Waals surface area contributed by atoms with Crippen molar-refractivity contribution in [2.24, 2.45) is 0 Å². The van der Waals surface area contributed by atoms with Crippen molar-refractivity contribution in [3.63, 3.8) is 0 Å². The van der Waals surface area contributed by atoms with Gasteiger partial charge in [0, 0.05) is 12.3 Å². The van der Waals surface area contributed by atoms with Gasteiger partial charge in [-0.15, -0.1) is 0 Å². The van der Waals surface area contributed by atoms with Gasteiger partial charge in [-0.1, -0.05) is 25.9 Å². The van der Waals surface area contributed by atoms with Crippen LogP contribution in [0.25, 0.3) is 0 Å². The predicted molar refractivity (Wildman–Crippen MR) is 52.0 cm³/mol. The van der Waals surface area contributed by atoms with E-state index in [9.17, 15) is 4.79 Å². The molecular formula is C10H16N2O2. The van der Waals surface area contributed by atoms with Gasteiger partial charge in [-0.25, -0.2) is 0 Å². The highest BCUT2D eigenvalue weighted by atomic mass is 16.5. The largest absolute Gasteiger partial charge is 0.339 e. The van der Waals surface area contributed by atoms with E-state index in [-0.39, 0.29) is 18.1 Å². The molecule has 0 unspecified atom stereocenters. The Morgan fingerprint density at radius 1 is 1.50 bits per heavy atom. The molecule has 0 spiro atoms. The van der Waals surface area contributed by atoms with E-state index < -0.39 is 0 Å². The molecule has 14 heavy (non-hydrogen) atoms. The van der Waals surface area contributed by atoms with Crippen LogP contribution in [0.4, 0.5) is 0 Å². The Bertz CT molecular complexity index is 305. The van der Waals surface area contributed by atoms with Gasteiger partial charge in [0.05, 0.1) is 6.42 Å². The molecule has 0 aliphatic rings. The maximum Gasteiger partial charge on any atom is 0.234 e. The molecule has 1 heterocycles. The molecule has 0 bridgehead atoms. The number of carbonyl (C=O) groups is 1. The van der Waals surface area contributed by atoms with E-state index in [1.54, 1.807) is 0 Å². The fourth-order valence-electron chi connectivity index (χ4n) is 1.11. The van der Waals surface area contributed by atoms with Gasteiger partial charge in [-0.2, -0.15) is 4.98 Å². The summed E-state index contributed by atoms with van der Waals surface area (Å²) in [6.45, 7) is 5.95. The number of carbonyl (C=O) groups excluding carboxylic acids is 1. The van der Waals surface area contributed by atoms with Crippen LogP contribution in [0.15, 0.2) is 4.52 Å². The lowest BCUT2D eigenvalue weighted by molar-refractivity contribution is -0.118. The van der Waals surface area contributed by atoms with E-state index in [2.05, 4.69) is 10.1 Å². The van der Waals surface area contributed by atoms with Crippen LogP contribution in [-0.2, 0) is 11.2 Å². The molecule has 78 valence electrons. The normalized spacial score (nSPS) is 10.9. The topological polar surface area (TPSA) is 56.0 Å². The van der Waals surface area contributed by atoms with Crippen molar-refractivity contribution in [3.8, 4) is 0 Å². The van der Waals surface area contributed by atoms with Crippen LogP contribution < -0.4 is 0 Å². The Hall–Kier alpha value is -1.19. The molecule has 0 N–H and O–H groups in total. The minimum absolute atomic E-state index is 0.159.